The Labute approximate surface area is 119 Å². The zero-order valence-corrected chi connectivity index (χ0v) is 11.2. The van der Waals surface area contributed by atoms with Crippen LogP contribution in [0.5, 0.6) is 0 Å². The fourth-order valence-electron chi connectivity index (χ4n) is 2.06. The van der Waals surface area contributed by atoms with Gasteiger partial charge in [0.2, 0.25) is 0 Å². The third-order valence-electron chi connectivity index (χ3n) is 3.16. The fraction of sp³-hybridized carbons (Fsp3) is 0.188. The molecule has 0 saturated heterocycles. The van der Waals surface area contributed by atoms with E-state index in [1.54, 1.807) is 6.07 Å². The van der Waals surface area contributed by atoms with E-state index in [1.165, 1.54) is 25.1 Å². The van der Waals surface area contributed by atoms with E-state index in [0.717, 1.165) is 18.2 Å². The number of Topliss-reactive ketones (excluding diaryl/α,β-unsaturated/α-hetero) is 1. The van der Waals surface area contributed by atoms with Crippen molar-refractivity contribution in [2.75, 3.05) is 0 Å². The minimum Gasteiger partial charge on any atom is -0.294 e. The normalized spacial score (nSPS) is 11.5. The van der Waals surface area contributed by atoms with Gasteiger partial charge in [0.25, 0.3) is 0 Å². The van der Waals surface area contributed by atoms with Gasteiger partial charge < -0.3 is 0 Å². The number of benzene rings is 2. The minimum atomic E-state index is -4.45. The van der Waals surface area contributed by atoms with Crippen molar-refractivity contribution >= 4 is 5.78 Å². The summed E-state index contributed by atoms with van der Waals surface area (Å²) in [5.74, 6) is -0.915. The van der Waals surface area contributed by atoms with Gasteiger partial charge in [-0.2, -0.15) is 13.2 Å². The molecule has 0 aromatic heterocycles. The van der Waals surface area contributed by atoms with E-state index in [1.807, 2.05) is 0 Å². The summed E-state index contributed by atoms with van der Waals surface area (Å²) in [4.78, 5) is 12.1. The second-order valence-corrected chi connectivity index (χ2v) is 4.72. The molecule has 0 atom stereocenters. The molecule has 0 bridgehead atoms. The van der Waals surface area contributed by atoms with E-state index in [-0.39, 0.29) is 23.1 Å². The zero-order chi connectivity index (χ0) is 15.6. The molecule has 1 nitrogen and oxygen atoms in total. The average molecular weight is 296 g/mol. The molecule has 0 aliphatic rings. The Bertz CT molecular complexity index is 674. The highest BCUT2D eigenvalue weighted by Gasteiger charge is 2.31. The maximum atomic E-state index is 13.5. The maximum Gasteiger partial charge on any atom is 0.416 e. The van der Waals surface area contributed by atoms with E-state index >= 15 is 0 Å². The Morgan fingerprint density at radius 1 is 1.10 bits per heavy atom. The summed E-state index contributed by atoms with van der Waals surface area (Å²) in [5, 5.41) is 0. The van der Waals surface area contributed by atoms with Gasteiger partial charge in [-0.15, -0.1) is 0 Å². The fourth-order valence-corrected chi connectivity index (χ4v) is 2.06. The van der Waals surface area contributed by atoms with Crippen molar-refractivity contribution < 1.29 is 22.4 Å². The molecule has 0 unspecified atom stereocenters. The molecule has 0 spiro atoms. The maximum absolute atomic E-state index is 13.5. The summed E-state index contributed by atoms with van der Waals surface area (Å²) >= 11 is 0. The molecule has 0 N–H and O–H groups in total. The van der Waals surface area contributed by atoms with Crippen LogP contribution in [0.4, 0.5) is 17.6 Å². The summed E-state index contributed by atoms with van der Waals surface area (Å²) in [7, 11) is 0. The van der Waals surface area contributed by atoms with Crippen LogP contribution in [0.3, 0.4) is 0 Å². The summed E-state index contributed by atoms with van der Waals surface area (Å²) < 4.78 is 51.2. The van der Waals surface area contributed by atoms with Crippen LogP contribution < -0.4 is 0 Å². The highest BCUT2D eigenvalue weighted by molar-refractivity contribution is 5.98. The molecule has 2 aromatic rings. The Balaban J connectivity index is 2.26. The van der Waals surface area contributed by atoms with E-state index in [2.05, 4.69) is 0 Å². The molecule has 0 fully saturated rings. The van der Waals surface area contributed by atoms with Gasteiger partial charge in [-0.1, -0.05) is 24.3 Å². The molecule has 0 amide bonds. The predicted octanol–water partition coefficient (Wildman–Crippen LogP) is 4.58. The number of halogens is 4. The number of aryl methyl sites for hydroxylation is 1. The third kappa shape index (κ3) is 3.48. The average Bonchev–Trinajstić information content (AvgIpc) is 2.40. The number of hydrogen-bond donors (Lipinski definition) is 0. The van der Waals surface area contributed by atoms with Crippen molar-refractivity contribution in [1.29, 1.82) is 0 Å². The van der Waals surface area contributed by atoms with Crippen LogP contribution in [-0.4, -0.2) is 5.78 Å². The van der Waals surface area contributed by atoms with Crippen LogP contribution in [-0.2, 0) is 12.6 Å². The first-order valence-corrected chi connectivity index (χ1v) is 6.23. The summed E-state index contributed by atoms with van der Waals surface area (Å²) in [6.07, 6.45) is -4.63. The number of carbonyl (C=O) groups is 1. The molecule has 5 heteroatoms. The lowest BCUT2D eigenvalue weighted by Crippen LogP contribution is -2.10. The topological polar surface area (TPSA) is 17.1 Å². The van der Waals surface area contributed by atoms with E-state index < -0.39 is 23.3 Å². The lowest BCUT2D eigenvalue weighted by atomic mass is 9.97. The van der Waals surface area contributed by atoms with Crippen molar-refractivity contribution in [2.24, 2.45) is 0 Å². The van der Waals surface area contributed by atoms with Crippen molar-refractivity contribution in [2.45, 2.75) is 19.5 Å². The van der Waals surface area contributed by atoms with Crippen molar-refractivity contribution in [3.05, 3.63) is 70.5 Å². The third-order valence-corrected chi connectivity index (χ3v) is 3.16. The van der Waals surface area contributed by atoms with Gasteiger partial charge >= 0.3 is 6.18 Å². The first kappa shape index (κ1) is 15.2. The monoisotopic (exact) mass is 296 g/mol. The molecule has 21 heavy (non-hydrogen) atoms. The van der Waals surface area contributed by atoms with E-state index in [9.17, 15) is 22.4 Å². The first-order chi connectivity index (χ1) is 9.79. The highest BCUT2D eigenvalue weighted by Crippen LogP contribution is 2.30. The number of ketones is 1. The quantitative estimate of drug-likeness (QED) is 0.598. The van der Waals surface area contributed by atoms with Crippen molar-refractivity contribution in [1.82, 2.24) is 0 Å². The van der Waals surface area contributed by atoms with E-state index in [4.69, 9.17) is 0 Å². The zero-order valence-electron chi connectivity index (χ0n) is 11.2. The predicted molar refractivity (Wildman–Crippen MR) is 70.6 cm³/mol. The van der Waals surface area contributed by atoms with Gasteiger partial charge in [0.05, 0.1) is 5.56 Å². The van der Waals surface area contributed by atoms with Gasteiger partial charge in [-0.25, -0.2) is 4.39 Å². The van der Waals surface area contributed by atoms with Crippen LogP contribution in [0.15, 0.2) is 42.5 Å². The van der Waals surface area contributed by atoms with Crippen molar-refractivity contribution in [3.63, 3.8) is 0 Å². The van der Waals surface area contributed by atoms with Gasteiger partial charge in [-0.05, 0) is 36.2 Å². The highest BCUT2D eigenvalue weighted by atomic mass is 19.4. The Morgan fingerprint density at radius 2 is 1.76 bits per heavy atom. The lowest BCUT2D eigenvalue weighted by molar-refractivity contribution is -0.137. The van der Waals surface area contributed by atoms with Gasteiger partial charge in [-0.3, -0.25) is 4.79 Å². The molecule has 2 rings (SSSR count). The number of alkyl halides is 3. The summed E-state index contributed by atoms with van der Waals surface area (Å²) in [6, 6.07) is 8.75. The van der Waals surface area contributed by atoms with E-state index in [0.29, 0.717) is 0 Å². The Morgan fingerprint density at radius 3 is 2.33 bits per heavy atom. The lowest BCUT2D eigenvalue weighted by Gasteiger charge is -2.10. The van der Waals surface area contributed by atoms with Crippen LogP contribution in [0.2, 0.25) is 0 Å². The smallest absolute Gasteiger partial charge is 0.294 e. The SMILES string of the molecule is Cc1cc(C(F)(F)F)ccc1C(=O)Cc1ccccc1F. The molecule has 0 radical (unpaired) electrons. The van der Waals surface area contributed by atoms with Crippen molar-refractivity contribution in [3.8, 4) is 0 Å². The molecular formula is C16H12F4O. The minimum absolute atomic E-state index is 0.172. The molecular weight excluding hydrogens is 284 g/mol. The van der Waals surface area contributed by atoms with Crippen LogP contribution in [0, 0.1) is 12.7 Å². The number of hydrogen-bond acceptors (Lipinski definition) is 1. The molecule has 0 saturated carbocycles. The van der Waals surface area contributed by atoms with Crippen LogP contribution >= 0.6 is 0 Å². The molecule has 2 aromatic carbocycles. The standard InChI is InChI=1S/C16H12F4O/c1-10-8-12(16(18,19)20)6-7-13(10)15(21)9-11-4-2-3-5-14(11)17/h2-8H,9H2,1H3. The molecule has 0 aliphatic heterocycles. The molecule has 0 aliphatic carbocycles. The number of rotatable bonds is 3. The van der Waals surface area contributed by atoms with Crippen LogP contribution in [0.1, 0.15) is 27.0 Å². The molecule has 110 valence electrons. The first-order valence-electron chi connectivity index (χ1n) is 6.23. The van der Waals surface area contributed by atoms with Gasteiger partial charge in [0.1, 0.15) is 5.82 Å². The second kappa shape index (κ2) is 5.68. The molecule has 0 heterocycles. The second-order valence-electron chi connectivity index (χ2n) is 4.72. The van der Waals surface area contributed by atoms with Gasteiger partial charge in [0.15, 0.2) is 5.78 Å². The summed E-state index contributed by atoms with van der Waals surface area (Å²) in [5.41, 5.74) is -0.179. The summed E-state index contributed by atoms with van der Waals surface area (Å²) in [6.45, 7) is 1.43. The largest absolute Gasteiger partial charge is 0.416 e. The number of carbonyl (C=O) groups excluding carboxylic acids is 1. The van der Waals surface area contributed by atoms with Gasteiger partial charge in [0, 0.05) is 12.0 Å². The van der Waals surface area contributed by atoms with Crippen LogP contribution in [0.25, 0.3) is 0 Å². The Hall–Kier alpha value is -2.17. The Kier molecular flexibility index (Phi) is 4.11.